The van der Waals surface area contributed by atoms with Crippen LogP contribution in [0.5, 0.6) is 0 Å². The maximum atomic E-state index is 12.4. The molecule has 1 heterocycles. The van der Waals surface area contributed by atoms with Crippen molar-refractivity contribution in [3.8, 4) is 0 Å². The lowest BCUT2D eigenvalue weighted by Gasteiger charge is -2.33. The SMILES string of the molecule is CCOCCCNC(=O)C1CCN(C(=O)NCC2CCC(CC)CC2)CC1. The Morgan fingerprint density at radius 3 is 2.26 bits per heavy atom. The number of hydrogen-bond acceptors (Lipinski definition) is 3. The van der Waals surface area contributed by atoms with Gasteiger partial charge in [-0.15, -0.1) is 0 Å². The summed E-state index contributed by atoms with van der Waals surface area (Å²) in [6.07, 6.45) is 8.74. The van der Waals surface area contributed by atoms with E-state index < -0.39 is 0 Å². The summed E-state index contributed by atoms with van der Waals surface area (Å²) in [6, 6.07) is 0.0446. The third-order valence-corrected chi connectivity index (χ3v) is 6.21. The Morgan fingerprint density at radius 1 is 0.963 bits per heavy atom. The second kappa shape index (κ2) is 12.2. The van der Waals surface area contributed by atoms with E-state index in [9.17, 15) is 9.59 Å². The highest BCUT2D eigenvalue weighted by atomic mass is 16.5. The lowest BCUT2D eigenvalue weighted by atomic mass is 9.81. The summed E-state index contributed by atoms with van der Waals surface area (Å²) in [5.74, 6) is 1.68. The molecule has 1 saturated heterocycles. The molecule has 1 aliphatic heterocycles. The number of rotatable bonds is 9. The van der Waals surface area contributed by atoms with E-state index in [-0.39, 0.29) is 17.9 Å². The van der Waals surface area contributed by atoms with Crippen LogP contribution in [0, 0.1) is 17.8 Å². The van der Waals surface area contributed by atoms with Crippen LogP contribution in [0.15, 0.2) is 0 Å². The molecular weight excluding hydrogens is 342 g/mol. The van der Waals surface area contributed by atoms with Crippen LogP contribution < -0.4 is 10.6 Å². The van der Waals surface area contributed by atoms with Gasteiger partial charge in [-0.2, -0.15) is 0 Å². The van der Waals surface area contributed by atoms with Crippen LogP contribution in [0.3, 0.4) is 0 Å². The van der Waals surface area contributed by atoms with Gasteiger partial charge in [0, 0.05) is 45.3 Å². The molecule has 0 aromatic rings. The first kappa shape index (κ1) is 22.0. The number of amides is 3. The summed E-state index contributed by atoms with van der Waals surface area (Å²) < 4.78 is 5.28. The minimum Gasteiger partial charge on any atom is -0.382 e. The quantitative estimate of drug-likeness (QED) is 0.603. The predicted octanol–water partition coefficient (Wildman–Crippen LogP) is 3.17. The minimum absolute atomic E-state index is 0.0328. The van der Waals surface area contributed by atoms with Crippen molar-refractivity contribution in [2.75, 3.05) is 39.4 Å². The molecule has 0 aromatic heterocycles. The van der Waals surface area contributed by atoms with Gasteiger partial charge in [-0.3, -0.25) is 4.79 Å². The van der Waals surface area contributed by atoms with Crippen LogP contribution in [0.4, 0.5) is 4.79 Å². The summed E-state index contributed by atoms with van der Waals surface area (Å²) in [5, 5.41) is 6.12. The smallest absolute Gasteiger partial charge is 0.317 e. The third kappa shape index (κ3) is 7.68. The van der Waals surface area contributed by atoms with Crippen molar-refractivity contribution in [2.24, 2.45) is 17.8 Å². The Morgan fingerprint density at radius 2 is 1.63 bits per heavy atom. The first-order valence-electron chi connectivity index (χ1n) is 11.0. The summed E-state index contributed by atoms with van der Waals surface area (Å²) in [5.41, 5.74) is 0. The van der Waals surface area contributed by atoms with Gasteiger partial charge >= 0.3 is 6.03 Å². The van der Waals surface area contributed by atoms with Crippen molar-refractivity contribution in [3.63, 3.8) is 0 Å². The van der Waals surface area contributed by atoms with Gasteiger partial charge in [-0.05, 0) is 50.9 Å². The molecule has 0 aromatic carbocycles. The van der Waals surface area contributed by atoms with Crippen molar-refractivity contribution in [2.45, 2.75) is 65.2 Å². The van der Waals surface area contributed by atoms with E-state index in [0.717, 1.165) is 31.7 Å². The predicted molar refractivity (Wildman–Crippen MR) is 108 cm³/mol. The standard InChI is InChI=1S/C21H39N3O3/c1-3-17-6-8-18(9-7-17)16-23-21(26)24-13-10-19(11-14-24)20(25)22-12-5-15-27-4-2/h17-19H,3-16H2,1-2H3,(H,22,25)(H,23,26). The lowest BCUT2D eigenvalue weighted by Crippen LogP contribution is -2.48. The average molecular weight is 382 g/mol. The van der Waals surface area contributed by atoms with Gasteiger partial charge in [0.15, 0.2) is 0 Å². The first-order chi connectivity index (χ1) is 13.1. The minimum atomic E-state index is 0.0328. The Bertz CT molecular complexity index is 442. The Hall–Kier alpha value is -1.30. The first-order valence-corrected chi connectivity index (χ1v) is 11.0. The number of ether oxygens (including phenoxy) is 1. The molecule has 0 radical (unpaired) electrons. The van der Waals surface area contributed by atoms with Gasteiger partial charge < -0.3 is 20.3 Å². The molecule has 0 atom stereocenters. The van der Waals surface area contributed by atoms with E-state index in [2.05, 4.69) is 17.6 Å². The van der Waals surface area contributed by atoms with E-state index in [1.807, 2.05) is 11.8 Å². The summed E-state index contributed by atoms with van der Waals surface area (Å²) >= 11 is 0. The normalized spacial score (nSPS) is 23.9. The molecule has 3 amide bonds. The van der Waals surface area contributed by atoms with Crippen LogP contribution in [0.1, 0.15) is 65.2 Å². The number of hydrogen-bond donors (Lipinski definition) is 2. The zero-order valence-corrected chi connectivity index (χ0v) is 17.3. The van der Waals surface area contributed by atoms with Crippen LogP contribution in [-0.2, 0) is 9.53 Å². The Kier molecular flexibility index (Phi) is 9.95. The van der Waals surface area contributed by atoms with Gasteiger partial charge in [0.2, 0.25) is 5.91 Å². The van der Waals surface area contributed by atoms with Gasteiger partial charge in [-0.1, -0.05) is 26.2 Å². The molecule has 6 nitrogen and oxygen atoms in total. The third-order valence-electron chi connectivity index (χ3n) is 6.21. The molecule has 1 saturated carbocycles. The van der Waals surface area contributed by atoms with Gasteiger partial charge in [0.25, 0.3) is 0 Å². The van der Waals surface area contributed by atoms with Crippen LogP contribution in [0.2, 0.25) is 0 Å². The van der Waals surface area contributed by atoms with Gasteiger partial charge in [0.1, 0.15) is 0 Å². The average Bonchev–Trinajstić information content (AvgIpc) is 2.72. The van der Waals surface area contributed by atoms with Gasteiger partial charge in [-0.25, -0.2) is 4.79 Å². The summed E-state index contributed by atoms with van der Waals surface area (Å²) in [6.45, 7) is 8.47. The molecule has 2 fully saturated rings. The van der Waals surface area contributed by atoms with Crippen molar-refractivity contribution in [3.05, 3.63) is 0 Å². The number of nitrogens with zero attached hydrogens (tertiary/aromatic N) is 1. The lowest BCUT2D eigenvalue weighted by molar-refractivity contribution is -0.126. The van der Waals surface area contributed by atoms with Crippen LogP contribution in [-0.4, -0.2) is 56.2 Å². The summed E-state index contributed by atoms with van der Waals surface area (Å²) in [4.78, 5) is 26.5. The molecule has 2 aliphatic rings. The fourth-order valence-corrected chi connectivity index (χ4v) is 4.21. The maximum absolute atomic E-state index is 12.4. The number of likely N-dealkylation sites (tertiary alicyclic amines) is 1. The van der Waals surface area contributed by atoms with Crippen LogP contribution in [0.25, 0.3) is 0 Å². The van der Waals surface area contributed by atoms with Crippen LogP contribution >= 0.6 is 0 Å². The zero-order chi connectivity index (χ0) is 19.5. The number of carbonyl (C=O) groups excluding carboxylic acids is 2. The second-order valence-electron chi connectivity index (χ2n) is 8.08. The number of nitrogens with one attached hydrogen (secondary N) is 2. The zero-order valence-electron chi connectivity index (χ0n) is 17.3. The number of urea groups is 1. The van der Waals surface area contributed by atoms with Crippen molar-refractivity contribution < 1.29 is 14.3 Å². The largest absolute Gasteiger partial charge is 0.382 e. The molecule has 156 valence electrons. The van der Waals surface area contributed by atoms with Crippen molar-refractivity contribution >= 4 is 11.9 Å². The molecule has 27 heavy (non-hydrogen) atoms. The molecule has 2 N–H and O–H groups in total. The molecule has 0 unspecified atom stereocenters. The molecule has 6 heteroatoms. The van der Waals surface area contributed by atoms with E-state index in [4.69, 9.17) is 4.74 Å². The highest BCUT2D eigenvalue weighted by Gasteiger charge is 2.27. The molecule has 2 rings (SSSR count). The van der Waals surface area contributed by atoms with E-state index in [1.54, 1.807) is 0 Å². The van der Waals surface area contributed by atoms with Crippen molar-refractivity contribution in [1.29, 1.82) is 0 Å². The maximum Gasteiger partial charge on any atom is 0.317 e. The highest BCUT2D eigenvalue weighted by Crippen LogP contribution is 2.30. The highest BCUT2D eigenvalue weighted by molar-refractivity contribution is 5.79. The van der Waals surface area contributed by atoms with E-state index in [1.165, 1.54) is 32.1 Å². The second-order valence-corrected chi connectivity index (χ2v) is 8.08. The number of piperidine rings is 1. The van der Waals surface area contributed by atoms with Crippen molar-refractivity contribution in [1.82, 2.24) is 15.5 Å². The number of carbonyl (C=O) groups is 2. The Labute approximate surface area is 164 Å². The summed E-state index contributed by atoms with van der Waals surface area (Å²) in [7, 11) is 0. The molecule has 0 spiro atoms. The topological polar surface area (TPSA) is 70.7 Å². The van der Waals surface area contributed by atoms with E-state index >= 15 is 0 Å². The fraction of sp³-hybridized carbons (Fsp3) is 0.905. The Balaban J connectivity index is 1.58. The molecule has 1 aliphatic carbocycles. The molecular formula is C21H39N3O3. The van der Waals surface area contributed by atoms with Gasteiger partial charge in [0.05, 0.1) is 0 Å². The fourth-order valence-electron chi connectivity index (χ4n) is 4.21. The molecule has 0 bridgehead atoms. The van der Waals surface area contributed by atoms with E-state index in [0.29, 0.717) is 38.8 Å². The monoisotopic (exact) mass is 381 g/mol.